The number of rotatable bonds is 9. The Morgan fingerprint density at radius 3 is 2.65 bits per heavy atom. The first-order valence-electron chi connectivity index (χ1n) is 9.41. The van der Waals surface area contributed by atoms with E-state index in [0.717, 1.165) is 4.47 Å². The SMILES string of the molecule is C=CCn1c(SCC(=O)c2ccc(Br)cc2)nnc1[C@@H](C)NC(=O)c1cccc(Cl)c1. The maximum atomic E-state index is 12.6. The molecule has 9 heteroatoms. The van der Waals surface area contributed by atoms with Gasteiger partial charge in [-0.15, -0.1) is 16.8 Å². The van der Waals surface area contributed by atoms with Gasteiger partial charge in [-0.2, -0.15) is 0 Å². The highest BCUT2D eigenvalue weighted by molar-refractivity contribution is 9.10. The van der Waals surface area contributed by atoms with Gasteiger partial charge < -0.3 is 9.88 Å². The second kappa shape index (κ2) is 10.7. The highest BCUT2D eigenvalue weighted by Crippen LogP contribution is 2.23. The maximum Gasteiger partial charge on any atom is 0.251 e. The number of carbonyl (C=O) groups is 2. The summed E-state index contributed by atoms with van der Waals surface area (Å²) in [5.41, 5.74) is 1.09. The fourth-order valence-corrected chi connectivity index (χ4v) is 4.16. The number of benzene rings is 2. The number of aromatic nitrogens is 3. The maximum absolute atomic E-state index is 12.6. The van der Waals surface area contributed by atoms with Crippen LogP contribution in [0.4, 0.5) is 0 Å². The summed E-state index contributed by atoms with van der Waals surface area (Å²) in [4.78, 5) is 25.0. The largest absolute Gasteiger partial charge is 0.342 e. The van der Waals surface area contributed by atoms with Crippen molar-refractivity contribution in [2.24, 2.45) is 0 Å². The summed E-state index contributed by atoms with van der Waals surface area (Å²) >= 11 is 10.6. The zero-order valence-electron chi connectivity index (χ0n) is 16.7. The number of thioether (sulfide) groups is 1. The Labute approximate surface area is 198 Å². The molecule has 0 aliphatic carbocycles. The Hall–Kier alpha value is -2.42. The van der Waals surface area contributed by atoms with Crippen molar-refractivity contribution in [3.8, 4) is 0 Å². The summed E-state index contributed by atoms with van der Waals surface area (Å²) < 4.78 is 2.76. The summed E-state index contributed by atoms with van der Waals surface area (Å²) in [5, 5.41) is 12.5. The minimum absolute atomic E-state index is 0.00508. The number of hydrogen-bond acceptors (Lipinski definition) is 5. The lowest BCUT2D eigenvalue weighted by Gasteiger charge is -2.15. The van der Waals surface area contributed by atoms with Gasteiger partial charge in [0.1, 0.15) is 0 Å². The molecule has 0 aliphatic heterocycles. The average molecular weight is 520 g/mol. The summed E-state index contributed by atoms with van der Waals surface area (Å²) in [6.07, 6.45) is 1.72. The minimum atomic E-state index is -0.407. The molecule has 31 heavy (non-hydrogen) atoms. The molecule has 0 bridgehead atoms. The summed E-state index contributed by atoms with van der Waals surface area (Å²) in [6, 6.07) is 13.5. The van der Waals surface area contributed by atoms with E-state index in [2.05, 4.69) is 38.0 Å². The minimum Gasteiger partial charge on any atom is -0.342 e. The molecule has 1 heterocycles. The standard InChI is InChI=1S/C22H20BrClN4O2S/c1-3-11-28-20(14(2)25-21(30)16-5-4-6-18(24)12-16)26-27-22(28)31-13-19(29)15-7-9-17(23)10-8-15/h3-10,12,14H,1,11,13H2,2H3,(H,25,30)/t14-/m1/s1. The molecule has 1 atom stereocenters. The molecule has 1 N–H and O–H groups in total. The van der Waals surface area contributed by atoms with Crippen LogP contribution in [-0.2, 0) is 6.54 Å². The number of amides is 1. The topological polar surface area (TPSA) is 76.9 Å². The molecule has 0 radical (unpaired) electrons. The summed E-state index contributed by atoms with van der Waals surface area (Å²) in [7, 11) is 0. The van der Waals surface area contributed by atoms with E-state index < -0.39 is 6.04 Å². The Kier molecular flexibility index (Phi) is 8.06. The van der Waals surface area contributed by atoms with E-state index in [1.54, 1.807) is 42.5 Å². The molecule has 3 rings (SSSR count). The van der Waals surface area contributed by atoms with Gasteiger partial charge in [-0.3, -0.25) is 9.59 Å². The first kappa shape index (κ1) is 23.2. The summed E-state index contributed by atoms with van der Waals surface area (Å²) in [5.74, 6) is 0.534. The fourth-order valence-electron chi connectivity index (χ4n) is 2.85. The highest BCUT2D eigenvalue weighted by Gasteiger charge is 2.20. The van der Waals surface area contributed by atoms with E-state index >= 15 is 0 Å². The number of nitrogens with zero attached hydrogens (tertiary/aromatic N) is 3. The van der Waals surface area contributed by atoms with Crippen molar-refractivity contribution >= 4 is 51.0 Å². The molecule has 160 valence electrons. The highest BCUT2D eigenvalue weighted by atomic mass is 79.9. The lowest BCUT2D eigenvalue weighted by atomic mass is 10.2. The van der Waals surface area contributed by atoms with Crippen molar-refractivity contribution in [1.29, 1.82) is 0 Å². The van der Waals surface area contributed by atoms with Crippen LogP contribution >= 0.6 is 39.3 Å². The van der Waals surface area contributed by atoms with Gasteiger partial charge in [0.05, 0.1) is 11.8 Å². The second-order valence-corrected chi connectivity index (χ2v) is 8.96. The van der Waals surface area contributed by atoms with Gasteiger partial charge in [-0.25, -0.2) is 0 Å². The van der Waals surface area contributed by atoms with Crippen molar-refractivity contribution in [1.82, 2.24) is 20.1 Å². The molecule has 0 saturated heterocycles. The lowest BCUT2D eigenvalue weighted by molar-refractivity contribution is 0.0937. The molecule has 0 unspecified atom stereocenters. The monoisotopic (exact) mass is 518 g/mol. The average Bonchev–Trinajstić information content (AvgIpc) is 3.15. The molecular formula is C22H20BrClN4O2S. The fraction of sp³-hybridized carbons (Fsp3) is 0.182. The predicted molar refractivity (Wildman–Crippen MR) is 127 cm³/mol. The first-order valence-corrected chi connectivity index (χ1v) is 11.6. The van der Waals surface area contributed by atoms with Crippen LogP contribution in [0.1, 0.15) is 39.5 Å². The van der Waals surface area contributed by atoms with Crippen LogP contribution in [0.2, 0.25) is 5.02 Å². The third-order valence-corrected chi connectivity index (χ3v) is 6.11. The smallest absolute Gasteiger partial charge is 0.251 e. The molecule has 3 aromatic rings. The van der Waals surface area contributed by atoms with Gasteiger partial charge in [0.2, 0.25) is 0 Å². The molecule has 2 aromatic carbocycles. The third-order valence-electron chi connectivity index (χ3n) is 4.38. The number of ketones is 1. The van der Waals surface area contributed by atoms with Crippen molar-refractivity contribution < 1.29 is 9.59 Å². The summed E-state index contributed by atoms with van der Waals surface area (Å²) in [6.45, 7) is 6.07. The first-order chi connectivity index (χ1) is 14.9. The number of carbonyl (C=O) groups excluding carboxylic acids is 2. The Balaban J connectivity index is 1.71. The van der Waals surface area contributed by atoms with Crippen molar-refractivity contribution in [3.63, 3.8) is 0 Å². The zero-order valence-corrected chi connectivity index (χ0v) is 19.9. The van der Waals surface area contributed by atoms with Crippen molar-refractivity contribution in [3.05, 3.63) is 87.6 Å². The van der Waals surface area contributed by atoms with E-state index in [1.165, 1.54) is 11.8 Å². The van der Waals surface area contributed by atoms with E-state index in [4.69, 9.17) is 11.6 Å². The molecule has 0 saturated carbocycles. The zero-order chi connectivity index (χ0) is 22.4. The van der Waals surface area contributed by atoms with Gasteiger partial charge in [0, 0.05) is 27.2 Å². The Morgan fingerprint density at radius 1 is 1.23 bits per heavy atom. The van der Waals surface area contributed by atoms with E-state index in [9.17, 15) is 9.59 Å². The number of nitrogens with one attached hydrogen (secondary N) is 1. The van der Waals surface area contributed by atoms with Crippen LogP contribution in [0.15, 0.2) is 70.8 Å². The van der Waals surface area contributed by atoms with E-state index in [0.29, 0.717) is 33.7 Å². The van der Waals surface area contributed by atoms with Crippen LogP contribution in [-0.4, -0.2) is 32.2 Å². The van der Waals surface area contributed by atoms with Crippen LogP contribution in [0, 0.1) is 0 Å². The molecular weight excluding hydrogens is 500 g/mol. The molecule has 0 fully saturated rings. The molecule has 0 spiro atoms. The molecule has 1 aromatic heterocycles. The number of hydrogen-bond donors (Lipinski definition) is 1. The van der Waals surface area contributed by atoms with E-state index in [1.807, 2.05) is 23.6 Å². The molecule has 6 nitrogen and oxygen atoms in total. The van der Waals surface area contributed by atoms with Gasteiger partial charge in [-0.05, 0) is 37.3 Å². The van der Waals surface area contributed by atoms with Crippen LogP contribution in [0.3, 0.4) is 0 Å². The third kappa shape index (κ3) is 6.06. The second-order valence-electron chi connectivity index (χ2n) is 6.66. The van der Waals surface area contributed by atoms with Crippen LogP contribution in [0.5, 0.6) is 0 Å². The van der Waals surface area contributed by atoms with Gasteiger partial charge >= 0.3 is 0 Å². The number of halogens is 2. The number of Topliss-reactive ketones (excluding diaryl/α,β-unsaturated/α-hetero) is 1. The van der Waals surface area contributed by atoms with Crippen LogP contribution < -0.4 is 5.32 Å². The normalized spacial score (nSPS) is 11.7. The number of allylic oxidation sites excluding steroid dienone is 1. The Morgan fingerprint density at radius 2 is 1.97 bits per heavy atom. The van der Waals surface area contributed by atoms with Gasteiger partial charge in [0.25, 0.3) is 5.91 Å². The van der Waals surface area contributed by atoms with E-state index in [-0.39, 0.29) is 17.4 Å². The van der Waals surface area contributed by atoms with Gasteiger partial charge in [0.15, 0.2) is 16.8 Å². The van der Waals surface area contributed by atoms with Crippen molar-refractivity contribution in [2.75, 3.05) is 5.75 Å². The Bertz CT molecular complexity index is 1100. The molecule has 0 aliphatic rings. The van der Waals surface area contributed by atoms with Crippen LogP contribution in [0.25, 0.3) is 0 Å². The predicted octanol–water partition coefficient (Wildman–Crippen LogP) is 5.35. The van der Waals surface area contributed by atoms with Gasteiger partial charge in [-0.1, -0.05) is 63.6 Å². The van der Waals surface area contributed by atoms with Crippen molar-refractivity contribution in [2.45, 2.75) is 24.7 Å². The molecule has 1 amide bonds. The lowest BCUT2D eigenvalue weighted by Crippen LogP contribution is -2.28. The quantitative estimate of drug-likeness (QED) is 0.234.